The van der Waals surface area contributed by atoms with Crippen molar-refractivity contribution in [3.8, 4) is 0 Å². The van der Waals surface area contributed by atoms with E-state index in [9.17, 15) is 9.59 Å². The number of rotatable bonds is 6. The van der Waals surface area contributed by atoms with Crippen LogP contribution in [0, 0.1) is 0 Å². The zero-order valence-corrected chi connectivity index (χ0v) is 14.7. The highest BCUT2D eigenvalue weighted by atomic mass is 16.5. The molecule has 2 aromatic carbocycles. The van der Waals surface area contributed by atoms with Crippen LogP contribution in [0.1, 0.15) is 22.8 Å². The average molecular weight is 338 g/mol. The molecule has 0 spiro atoms. The number of amides is 1. The van der Waals surface area contributed by atoms with Gasteiger partial charge in [0, 0.05) is 25.3 Å². The van der Waals surface area contributed by atoms with E-state index in [1.807, 2.05) is 49.3 Å². The van der Waals surface area contributed by atoms with Crippen LogP contribution >= 0.6 is 0 Å². The zero-order valence-electron chi connectivity index (χ0n) is 14.7. The standard InChI is InChI=1S/C20H22N2O3/c1-4-25-20(24)18(21-19(23)16-8-6-5-7-9-16)14-15-10-12-17(13-11-15)22(2)3/h5-14H,4H2,1-3H3,(H,21,23). The summed E-state index contributed by atoms with van der Waals surface area (Å²) in [6, 6.07) is 16.4. The van der Waals surface area contributed by atoms with E-state index in [-0.39, 0.29) is 18.2 Å². The fourth-order valence-corrected chi connectivity index (χ4v) is 2.17. The first-order chi connectivity index (χ1) is 12.0. The number of ether oxygens (including phenoxy) is 1. The van der Waals surface area contributed by atoms with Gasteiger partial charge in [0.05, 0.1) is 6.61 Å². The quantitative estimate of drug-likeness (QED) is 0.649. The Balaban J connectivity index is 2.26. The van der Waals surface area contributed by atoms with Crippen LogP contribution in [-0.2, 0) is 9.53 Å². The van der Waals surface area contributed by atoms with Crippen LogP contribution < -0.4 is 10.2 Å². The van der Waals surface area contributed by atoms with Gasteiger partial charge in [-0.05, 0) is 42.8 Å². The van der Waals surface area contributed by atoms with Crippen molar-refractivity contribution < 1.29 is 14.3 Å². The number of esters is 1. The summed E-state index contributed by atoms with van der Waals surface area (Å²) in [7, 11) is 3.91. The molecule has 0 saturated heterocycles. The molecule has 2 aromatic rings. The van der Waals surface area contributed by atoms with Gasteiger partial charge in [0.25, 0.3) is 5.91 Å². The van der Waals surface area contributed by atoms with E-state index in [0.29, 0.717) is 5.56 Å². The lowest BCUT2D eigenvalue weighted by Crippen LogP contribution is -2.28. The van der Waals surface area contributed by atoms with E-state index in [4.69, 9.17) is 4.74 Å². The van der Waals surface area contributed by atoms with Crippen LogP contribution in [0.4, 0.5) is 5.69 Å². The van der Waals surface area contributed by atoms with Crippen molar-refractivity contribution in [3.05, 3.63) is 71.4 Å². The Hall–Kier alpha value is -3.08. The third-order valence-corrected chi connectivity index (χ3v) is 3.50. The molecule has 0 saturated carbocycles. The second-order valence-electron chi connectivity index (χ2n) is 5.58. The van der Waals surface area contributed by atoms with Gasteiger partial charge in [-0.3, -0.25) is 4.79 Å². The van der Waals surface area contributed by atoms with Crippen LogP contribution in [0.5, 0.6) is 0 Å². The molecule has 2 rings (SSSR count). The highest BCUT2D eigenvalue weighted by molar-refractivity contribution is 6.03. The second-order valence-corrected chi connectivity index (χ2v) is 5.58. The molecule has 0 aliphatic carbocycles. The van der Waals surface area contributed by atoms with Crippen molar-refractivity contribution in [2.24, 2.45) is 0 Å². The average Bonchev–Trinajstić information content (AvgIpc) is 2.62. The van der Waals surface area contributed by atoms with Crippen molar-refractivity contribution in [1.29, 1.82) is 0 Å². The van der Waals surface area contributed by atoms with Gasteiger partial charge in [-0.25, -0.2) is 4.79 Å². The van der Waals surface area contributed by atoms with Crippen molar-refractivity contribution in [2.45, 2.75) is 6.92 Å². The van der Waals surface area contributed by atoms with Gasteiger partial charge in [0.15, 0.2) is 0 Å². The number of nitrogens with one attached hydrogen (secondary N) is 1. The first kappa shape index (κ1) is 18.3. The summed E-state index contributed by atoms with van der Waals surface area (Å²) >= 11 is 0. The van der Waals surface area contributed by atoms with Crippen molar-refractivity contribution >= 4 is 23.6 Å². The second kappa shape index (κ2) is 8.68. The lowest BCUT2D eigenvalue weighted by atomic mass is 10.1. The summed E-state index contributed by atoms with van der Waals surface area (Å²) in [6.45, 7) is 1.96. The number of hydrogen-bond acceptors (Lipinski definition) is 4. The predicted molar refractivity (Wildman–Crippen MR) is 99.3 cm³/mol. The molecule has 5 heteroatoms. The minimum absolute atomic E-state index is 0.105. The van der Waals surface area contributed by atoms with Crippen LogP contribution in [0.25, 0.3) is 6.08 Å². The number of carbonyl (C=O) groups is 2. The predicted octanol–water partition coefficient (Wildman–Crippen LogP) is 3.09. The van der Waals surface area contributed by atoms with E-state index >= 15 is 0 Å². The van der Waals surface area contributed by atoms with Crippen LogP contribution in [0.3, 0.4) is 0 Å². The molecular weight excluding hydrogens is 316 g/mol. The maximum absolute atomic E-state index is 12.3. The van der Waals surface area contributed by atoms with Gasteiger partial charge in [-0.1, -0.05) is 30.3 Å². The minimum atomic E-state index is -0.566. The SMILES string of the molecule is CCOC(=O)C(=Cc1ccc(N(C)C)cc1)NC(=O)c1ccccc1. The Morgan fingerprint density at radius 3 is 2.24 bits per heavy atom. The first-order valence-electron chi connectivity index (χ1n) is 8.04. The Labute approximate surface area is 147 Å². The van der Waals surface area contributed by atoms with Crippen molar-refractivity contribution in [2.75, 3.05) is 25.6 Å². The molecule has 25 heavy (non-hydrogen) atoms. The molecule has 0 bridgehead atoms. The van der Waals surface area contributed by atoms with Gasteiger partial charge >= 0.3 is 5.97 Å². The number of anilines is 1. The maximum atomic E-state index is 12.3. The molecular formula is C20H22N2O3. The molecule has 0 radical (unpaired) electrons. The van der Waals surface area contributed by atoms with Crippen molar-refractivity contribution in [1.82, 2.24) is 5.32 Å². The molecule has 0 unspecified atom stereocenters. The molecule has 0 aliphatic rings. The molecule has 0 heterocycles. The van der Waals surface area contributed by atoms with E-state index in [1.165, 1.54) is 0 Å². The summed E-state index contributed by atoms with van der Waals surface area (Å²) < 4.78 is 5.04. The molecule has 0 fully saturated rings. The van der Waals surface area contributed by atoms with Crippen LogP contribution in [-0.4, -0.2) is 32.6 Å². The Kier molecular flexibility index (Phi) is 6.34. The smallest absolute Gasteiger partial charge is 0.354 e. The van der Waals surface area contributed by atoms with Gasteiger partial charge < -0.3 is 15.0 Å². The van der Waals surface area contributed by atoms with Gasteiger partial charge in [-0.2, -0.15) is 0 Å². The highest BCUT2D eigenvalue weighted by Crippen LogP contribution is 2.15. The lowest BCUT2D eigenvalue weighted by Gasteiger charge is -2.12. The molecule has 1 N–H and O–H groups in total. The number of nitrogens with zero attached hydrogens (tertiary/aromatic N) is 1. The summed E-state index contributed by atoms with van der Waals surface area (Å²) in [6.07, 6.45) is 1.61. The van der Waals surface area contributed by atoms with E-state index in [2.05, 4.69) is 5.32 Å². The van der Waals surface area contributed by atoms with E-state index in [0.717, 1.165) is 11.3 Å². The summed E-state index contributed by atoms with van der Waals surface area (Å²) in [5.74, 6) is -0.923. The van der Waals surface area contributed by atoms with Crippen LogP contribution in [0.15, 0.2) is 60.3 Å². The Morgan fingerprint density at radius 2 is 1.68 bits per heavy atom. The van der Waals surface area contributed by atoms with Gasteiger partial charge in [-0.15, -0.1) is 0 Å². The molecule has 130 valence electrons. The minimum Gasteiger partial charge on any atom is -0.461 e. The molecule has 0 aliphatic heterocycles. The summed E-state index contributed by atoms with van der Waals surface area (Å²) in [4.78, 5) is 26.5. The Morgan fingerprint density at radius 1 is 1.04 bits per heavy atom. The topological polar surface area (TPSA) is 58.6 Å². The summed E-state index contributed by atoms with van der Waals surface area (Å²) in [5.41, 5.74) is 2.42. The maximum Gasteiger partial charge on any atom is 0.354 e. The monoisotopic (exact) mass is 338 g/mol. The number of benzene rings is 2. The zero-order chi connectivity index (χ0) is 18.2. The fourth-order valence-electron chi connectivity index (χ4n) is 2.17. The van der Waals surface area contributed by atoms with E-state index < -0.39 is 5.97 Å². The lowest BCUT2D eigenvalue weighted by molar-refractivity contribution is -0.138. The first-order valence-corrected chi connectivity index (χ1v) is 8.04. The normalized spacial score (nSPS) is 10.9. The third kappa shape index (κ3) is 5.21. The highest BCUT2D eigenvalue weighted by Gasteiger charge is 2.15. The molecule has 5 nitrogen and oxygen atoms in total. The fraction of sp³-hybridized carbons (Fsp3) is 0.200. The third-order valence-electron chi connectivity index (χ3n) is 3.50. The Bertz CT molecular complexity index is 750. The molecule has 1 amide bonds. The number of carbonyl (C=O) groups excluding carboxylic acids is 2. The molecule has 0 atom stereocenters. The van der Waals surface area contributed by atoms with Gasteiger partial charge in [0.1, 0.15) is 5.70 Å². The van der Waals surface area contributed by atoms with Crippen LogP contribution in [0.2, 0.25) is 0 Å². The molecule has 0 aromatic heterocycles. The number of hydrogen-bond donors (Lipinski definition) is 1. The van der Waals surface area contributed by atoms with Gasteiger partial charge in [0.2, 0.25) is 0 Å². The van der Waals surface area contributed by atoms with Crippen molar-refractivity contribution in [3.63, 3.8) is 0 Å². The summed E-state index contributed by atoms with van der Waals surface area (Å²) in [5, 5.41) is 2.64. The largest absolute Gasteiger partial charge is 0.461 e. The van der Waals surface area contributed by atoms with E-state index in [1.54, 1.807) is 37.3 Å².